The maximum absolute atomic E-state index is 6.17. The first-order chi connectivity index (χ1) is 16.1. The fraction of sp³-hybridized carbons (Fsp3) is 0.462. The van der Waals surface area contributed by atoms with Crippen LogP contribution < -0.4 is 9.46 Å². The van der Waals surface area contributed by atoms with E-state index < -0.39 is 0 Å². The number of benzene rings is 2. The van der Waals surface area contributed by atoms with Gasteiger partial charge in [0, 0.05) is 65.8 Å². The van der Waals surface area contributed by atoms with Crippen LogP contribution in [0.15, 0.2) is 53.6 Å². The predicted octanol–water partition coefficient (Wildman–Crippen LogP) is 5.46. The topological polar surface area (TPSA) is 43.5 Å². The molecule has 0 saturated carbocycles. The summed E-state index contributed by atoms with van der Waals surface area (Å²) in [5, 5.41) is 2.01. The Labute approximate surface area is 206 Å². The predicted molar refractivity (Wildman–Crippen MR) is 141 cm³/mol. The maximum atomic E-state index is 6.17. The number of ether oxygens (including phenoxy) is 1. The summed E-state index contributed by atoms with van der Waals surface area (Å²) < 4.78 is 9.51. The van der Waals surface area contributed by atoms with Crippen molar-refractivity contribution in [3.63, 3.8) is 0 Å². The zero-order valence-electron chi connectivity index (χ0n) is 19.6. The van der Waals surface area contributed by atoms with Crippen molar-refractivity contribution in [2.75, 3.05) is 46.4 Å². The molecule has 1 fully saturated rings. The van der Waals surface area contributed by atoms with Gasteiger partial charge in [0.15, 0.2) is 0 Å². The van der Waals surface area contributed by atoms with Gasteiger partial charge in [-0.3, -0.25) is 4.72 Å². The Kier molecular flexibility index (Phi) is 8.98. The Balaban J connectivity index is 1.13. The molecule has 0 bridgehead atoms. The Bertz CT molecular complexity index is 1000. The molecule has 0 aliphatic carbocycles. The van der Waals surface area contributed by atoms with E-state index in [9.17, 15) is 0 Å². The van der Waals surface area contributed by atoms with E-state index in [2.05, 4.69) is 63.9 Å². The Hall–Kier alpha value is -1.70. The van der Waals surface area contributed by atoms with Crippen LogP contribution >= 0.6 is 23.5 Å². The van der Waals surface area contributed by atoms with Gasteiger partial charge in [0.25, 0.3) is 0 Å². The third-order valence-electron chi connectivity index (χ3n) is 6.26. The Morgan fingerprint density at radius 1 is 1.12 bits per heavy atom. The van der Waals surface area contributed by atoms with Crippen LogP contribution in [0.5, 0.6) is 5.75 Å². The summed E-state index contributed by atoms with van der Waals surface area (Å²) in [5.74, 6) is 0.948. The van der Waals surface area contributed by atoms with E-state index in [1.54, 1.807) is 11.9 Å². The third kappa shape index (κ3) is 7.39. The molecule has 1 aromatic heterocycles. The fourth-order valence-electron chi connectivity index (χ4n) is 4.11. The molecule has 0 radical (unpaired) electrons. The molecule has 4 rings (SSSR count). The van der Waals surface area contributed by atoms with Crippen LogP contribution in [-0.2, 0) is 6.42 Å². The van der Waals surface area contributed by atoms with Crippen molar-refractivity contribution in [2.45, 2.75) is 37.1 Å². The number of rotatable bonds is 11. The Morgan fingerprint density at radius 2 is 1.91 bits per heavy atom. The van der Waals surface area contributed by atoms with Crippen molar-refractivity contribution in [1.29, 1.82) is 0 Å². The van der Waals surface area contributed by atoms with Crippen molar-refractivity contribution < 1.29 is 4.74 Å². The quantitative estimate of drug-likeness (QED) is 0.278. The number of nitrogens with one attached hydrogen (secondary N) is 2. The molecule has 0 spiro atoms. The summed E-state index contributed by atoms with van der Waals surface area (Å²) >= 11 is 7.85. The van der Waals surface area contributed by atoms with Crippen molar-refractivity contribution >= 4 is 34.5 Å². The van der Waals surface area contributed by atoms with Crippen LogP contribution in [0, 0.1) is 0 Å². The molecule has 3 aromatic rings. The minimum absolute atomic E-state index is 0.393. The molecule has 1 atom stereocenters. The van der Waals surface area contributed by atoms with E-state index in [-0.39, 0.29) is 0 Å². The highest BCUT2D eigenvalue weighted by Gasteiger charge is 2.13. The van der Waals surface area contributed by atoms with Gasteiger partial charge in [-0.15, -0.1) is 0 Å². The van der Waals surface area contributed by atoms with Gasteiger partial charge in [-0.25, -0.2) is 0 Å². The average molecular weight is 487 g/mol. The molecule has 5 nitrogen and oxygen atoms in total. The van der Waals surface area contributed by atoms with Crippen LogP contribution in [0.1, 0.15) is 25.3 Å². The highest BCUT2D eigenvalue weighted by atomic mass is 35.5. The van der Waals surface area contributed by atoms with Gasteiger partial charge in [0.05, 0.1) is 6.61 Å². The van der Waals surface area contributed by atoms with E-state index in [1.807, 2.05) is 18.2 Å². The molecule has 2 aromatic carbocycles. The number of aryl methyl sites for hydroxylation is 1. The second kappa shape index (κ2) is 12.1. The largest absolute Gasteiger partial charge is 0.494 e. The molecule has 178 valence electrons. The Morgan fingerprint density at radius 3 is 2.70 bits per heavy atom. The molecular weight excluding hydrogens is 452 g/mol. The van der Waals surface area contributed by atoms with Crippen LogP contribution in [0.3, 0.4) is 0 Å². The van der Waals surface area contributed by atoms with Crippen molar-refractivity contribution in [3.05, 3.63) is 59.2 Å². The standard InChI is InChI=1S/C26H35ClN4OS/c1-20(4-5-21-19-28-26-11-6-22(27)18-25(21)26)29-33-24-9-7-23(8-10-24)32-17-3-12-31-15-13-30(2)14-16-31/h6-11,18-20,28-29H,3-5,12-17H2,1-2H3. The molecule has 7 heteroatoms. The molecule has 1 aliphatic rings. The zero-order chi connectivity index (χ0) is 23.0. The van der Waals surface area contributed by atoms with Crippen molar-refractivity contribution in [3.8, 4) is 5.75 Å². The lowest BCUT2D eigenvalue weighted by Crippen LogP contribution is -2.44. The van der Waals surface area contributed by atoms with Crippen LogP contribution in [0.2, 0.25) is 5.02 Å². The zero-order valence-corrected chi connectivity index (χ0v) is 21.2. The highest BCUT2D eigenvalue weighted by molar-refractivity contribution is 7.97. The molecule has 0 amide bonds. The summed E-state index contributed by atoms with van der Waals surface area (Å²) in [7, 11) is 2.19. The first kappa shape index (κ1) is 24.4. The van der Waals surface area contributed by atoms with E-state index >= 15 is 0 Å². The maximum Gasteiger partial charge on any atom is 0.119 e. The molecule has 33 heavy (non-hydrogen) atoms. The molecule has 1 saturated heterocycles. The van der Waals surface area contributed by atoms with Crippen LogP contribution in [-0.4, -0.2) is 67.2 Å². The summed E-state index contributed by atoms with van der Waals surface area (Å²) in [5.41, 5.74) is 2.46. The van der Waals surface area contributed by atoms with Gasteiger partial charge in [0.2, 0.25) is 0 Å². The number of likely N-dealkylation sites (N-methyl/N-ethyl adjacent to an activating group) is 1. The lowest BCUT2D eigenvalue weighted by Gasteiger charge is -2.32. The average Bonchev–Trinajstić information content (AvgIpc) is 3.23. The van der Waals surface area contributed by atoms with Crippen molar-refractivity contribution in [2.24, 2.45) is 0 Å². The lowest BCUT2D eigenvalue weighted by atomic mass is 10.1. The smallest absolute Gasteiger partial charge is 0.119 e. The number of nitrogens with zero attached hydrogens (tertiary/aromatic N) is 2. The first-order valence-corrected chi connectivity index (χ1v) is 13.1. The SMILES string of the molecule is CC(CCc1c[nH]c2ccc(Cl)cc12)NSc1ccc(OCCCN2CCN(C)CC2)cc1. The second-order valence-electron chi connectivity index (χ2n) is 8.98. The van der Waals surface area contributed by atoms with Gasteiger partial charge in [-0.2, -0.15) is 0 Å². The van der Waals surface area contributed by atoms with Gasteiger partial charge >= 0.3 is 0 Å². The first-order valence-electron chi connectivity index (χ1n) is 11.9. The summed E-state index contributed by atoms with van der Waals surface area (Å²) in [6.07, 6.45) is 5.24. The van der Waals surface area contributed by atoms with E-state index in [4.69, 9.17) is 16.3 Å². The van der Waals surface area contributed by atoms with Gasteiger partial charge in [-0.05, 0) is 93.2 Å². The summed E-state index contributed by atoms with van der Waals surface area (Å²) in [6, 6.07) is 14.8. The van der Waals surface area contributed by atoms with Crippen molar-refractivity contribution in [1.82, 2.24) is 19.5 Å². The second-order valence-corrected chi connectivity index (χ2v) is 10.3. The number of hydrogen-bond acceptors (Lipinski definition) is 5. The fourth-order valence-corrected chi connectivity index (χ4v) is 5.01. The minimum atomic E-state index is 0.393. The molecule has 2 N–H and O–H groups in total. The van der Waals surface area contributed by atoms with E-state index in [0.29, 0.717) is 6.04 Å². The van der Waals surface area contributed by atoms with Gasteiger partial charge < -0.3 is 19.5 Å². The number of piperazine rings is 1. The number of aromatic amines is 1. The van der Waals surface area contributed by atoms with Crippen LogP contribution in [0.4, 0.5) is 0 Å². The molecular formula is C26H35ClN4OS. The monoisotopic (exact) mass is 486 g/mol. The van der Waals surface area contributed by atoms with E-state index in [0.717, 1.165) is 48.7 Å². The number of hydrogen-bond donors (Lipinski definition) is 2. The normalized spacial score (nSPS) is 16.3. The molecule has 2 heterocycles. The van der Waals surface area contributed by atoms with Crippen LogP contribution in [0.25, 0.3) is 10.9 Å². The summed E-state index contributed by atoms with van der Waals surface area (Å²) in [6.45, 7) is 8.80. The van der Waals surface area contributed by atoms with Gasteiger partial charge in [0.1, 0.15) is 5.75 Å². The number of H-pyrrole nitrogens is 1. The number of halogens is 1. The lowest BCUT2D eigenvalue weighted by molar-refractivity contribution is 0.145. The minimum Gasteiger partial charge on any atom is -0.494 e. The van der Waals surface area contributed by atoms with E-state index in [1.165, 1.54) is 42.0 Å². The summed E-state index contributed by atoms with van der Waals surface area (Å²) in [4.78, 5) is 9.46. The number of aromatic nitrogens is 1. The number of fused-ring (bicyclic) bond motifs is 1. The van der Waals surface area contributed by atoms with Gasteiger partial charge in [-0.1, -0.05) is 11.6 Å². The highest BCUT2D eigenvalue weighted by Crippen LogP contribution is 2.24. The third-order valence-corrected chi connectivity index (χ3v) is 7.52. The molecule has 1 aliphatic heterocycles. The molecule has 1 unspecified atom stereocenters.